The van der Waals surface area contributed by atoms with Gasteiger partial charge in [-0.2, -0.15) is 0 Å². The molecule has 0 fully saturated rings. The summed E-state index contributed by atoms with van der Waals surface area (Å²) in [6, 6.07) is 18.9. The fourth-order valence-electron chi connectivity index (χ4n) is 3.88. The number of carboxylic acids is 1. The van der Waals surface area contributed by atoms with Gasteiger partial charge in [0, 0.05) is 18.2 Å². The van der Waals surface area contributed by atoms with E-state index in [1.807, 2.05) is 60.0 Å². The summed E-state index contributed by atoms with van der Waals surface area (Å²) in [6.07, 6.45) is 1.58. The highest BCUT2D eigenvalue weighted by atomic mass is 127. The van der Waals surface area contributed by atoms with Gasteiger partial charge in [0.25, 0.3) is 0 Å². The molecule has 0 spiro atoms. The van der Waals surface area contributed by atoms with Crippen LogP contribution in [0.25, 0.3) is 17.5 Å². The minimum absolute atomic E-state index is 0.0766. The van der Waals surface area contributed by atoms with Crippen LogP contribution in [-0.4, -0.2) is 47.2 Å². The lowest BCUT2D eigenvalue weighted by atomic mass is 10.2. The van der Waals surface area contributed by atoms with Crippen molar-refractivity contribution in [3.63, 3.8) is 0 Å². The molecule has 0 unspecified atom stereocenters. The van der Waals surface area contributed by atoms with Crippen molar-refractivity contribution in [2.45, 2.75) is 25.2 Å². The first-order valence-electron chi connectivity index (χ1n) is 12.2. The van der Waals surface area contributed by atoms with Crippen LogP contribution in [0.3, 0.4) is 0 Å². The summed E-state index contributed by atoms with van der Waals surface area (Å²) in [5.41, 5.74) is 2.42. The molecule has 0 bridgehead atoms. The minimum atomic E-state index is -1.08. The van der Waals surface area contributed by atoms with Crippen molar-refractivity contribution in [3.8, 4) is 34.4 Å². The topological polar surface area (TPSA) is 105 Å². The third-order valence-corrected chi connectivity index (χ3v) is 7.63. The van der Waals surface area contributed by atoms with Gasteiger partial charge in [-0.25, -0.2) is 4.79 Å². The highest BCUT2D eigenvalue weighted by molar-refractivity contribution is 14.1. The number of thioether (sulfide) groups is 1. The Morgan fingerprint density at radius 2 is 1.70 bits per heavy atom. The van der Waals surface area contributed by atoms with Gasteiger partial charge in [-0.1, -0.05) is 30.3 Å². The Kier molecular flexibility index (Phi) is 9.93. The molecular formula is C29H28IN3O6S. The van der Waals surface area contributed by atoms with Crippen LogP contribution in [0.2, 0.25) is 0 Å². The zero-order chi connectivity index (χ0) is 28.6. The number of benzene rings is 3. The number of carboxylic acid groups (broad SMARTS) is 1. The quantitative estimate of drug-likeness (QED) is 0.104. The Morgan fingerprint density at radius 1 is 1.00 bits per heavy atom. The monoisotopic (exact) mass is 673 g/mol. The molecular weight excluding hydrogens is 645 g/mol. The van der Waals surface area contributed by atoms with Gasteiger partial charge in [0.1, 0.15) is 23.0 Å². The van der Waals surface area contributed by atoms with Crippen LogP contribution in [0.5, 0.6) is 23.0 Å². The van der Waals surface area contributed by atoms with E-state index in [9.17, 15) is 9.90 Å². The number of rotatable bonds is 12. The standard InChI is InChI=1S/C29H28IN3O6S/c1-5-33-27(20-14-21(36-2)16-22(15-20)37-3)31-32-29(33)40-25(28(34)35)13-19-11-23(30)26(24(12-19)38-4)39-17-18-9-7-6-8-10-18/h6-16H,5,17H2,1-4H3,(H,34,35)/b25-13-. The van der Waals surface area contributed by atoms with Crippen molar-refractivity contribution in [2.75, 3.05) is 21.3 Å². The number of aromatic nitrogens is 3. The van der Waals surface area contributed by atoms with Gasteiger partial charge < -0.3 is 28.6 Å². The van der Waals surface area contributed by atoms with E-state index in [4.69, 9.17) is 18.9 Å². The van der Waals surface area contributed by atoms with Crippen molar-refractivity contribution >= 4 is 46.4 Å². The van der Waals surface area contributed by atoms with E-state index in [-0.39, 0.29) is 4.91 Å². The Balaban J connectivity index is 1.64. The maximum atomic E-state index is 12.3. The Bertz CT molecular complexity index is 1500. The van der Waals surface area contributed by atoms with Crippen molar-refractivity contribution in [3.05, 3.63) is 80.3 Å². The highest BCUT2D eigenvalue weighted by Crippen LogP contribution is 2.37. The fraction of sp³-hybridized carbons (Fsp3) is 0.207. The average Bonchev–Trinajstić information content (AvgIpc) is 3.38. The molecule has 0 saturated carbocycles. The molecule has 4 aromatic rings. The summed E-state index contributed by atoms with van der Waals surface area (Å²) < 4.78 is 25.0. The second-order valence-corrected chi connectivity index (χ2v) is 10.5. The van der Waals surface area contributed by atoms with Gasteiger partial charge >= 0.3 is 5.97 Å². The average molecular weight is 674 g/mol. The van der Waals surface area contributed by atoms with E-state index < -0.39 is 5.97 Å². The lowest BCUT2D eigenvalue weighted by molar-refractivity contribution is -0.131. The predicted octanol–water partition coefficient (Wildman–Crippen LogP) is 6.39. The summed E-state index contributed by atoms with van der Waals surface area (Å²) >= 11 is 3.19. The summed E-state index contributed by atoms with van der Waals surface area (Å²) in [5.74, 6) is 1.81. The van der Waals surface area contributed by atoms with Crippen LogP contribution in [0, 0.1) is 3.57 Å². The second kappa shape index (κ2) is 13.6. The second-order valence-electron chi connectivity index (χ2n) is 8.38. The molecule has 1 aromatic heterocycles. The van der Waals surface area contributed by atoms with Crippen molar-refractivity contribution < 1.29 is 28.8 Å². The van der Waals surface area contributed by atoms with Crippen LogP contribution in [0.15, 0.2) is 70.7 Å². The lowest BCUT2D eigenvalue weighted by Crippen LogP contribution is -2.03. The maximum absolute atomic E-state index is 12.3. The number of halogens is 1. The van der Waals surface area contributed by atoms with Gasteiger partial charge in [0.15, 0.2) is 22.5 Å². The highest BCUT2D eigenvalue weighted by Gasteiger charge is 2.20. The van der Waals surface area contributed by atoms with E-state index in [1.165, 1.54) is 0 Å². The van der Waals surface area contributed by atoms with Crippen LogP contribution in [-0.2, 0) is 17.9 Å². The number of nitrogens with zero attached hydrogens (tertiary/aromatic N) is 3. The maximum Gasteiger partial charge on any atom is 0.342 e. The largest absolute Gasteiger partial charge is 0.497 e. The van der Waals surface area contributed by atoms with Crippen molar-refractivity contribution in [1.82, 2.24) is 14.8 Å². The predicted molar refractivity (Wildman–Crippen MR) is 162 cm³/mol. The molecule has 1 N–H and O–H groups in total. The Labute approximate surface area is 250 Å². The number of carbonyl (C=O) groups is 1. The van der Waals surface area contributed by atoms with Gasteiger partial charge in [-0.3, -0.25) is 0 Å². The number of hydrogen-bond donors (Lipinski definition) is 1. The third-order valence-electron chi connectivity index (χ3n) is 5.83. The Hall–Kier alpha value is -3.71. The molecule has 0 atom stereocenters. The summed E-state index contributed by atoms with van der Waals surface area (Å²) in [5, 5.41) is 19.1. The normalized spacial score (nSPS) is 11.3. The third kappa shape index (κ3) is 6.89. The van der Waals surface area contributed by atoms with E-state index in [2.05, 4.69) is 32.8 Å². The molecule has 40 heavy (non-hydrogen) atoms. The van der Waals surface area contributed by atoms with E-state index in [1.54, 1.807) is 39.5 Å². The van der Waals surface area contributed by atoms with Crippen LogP contribution < -0.4 is 18.9 Å². The molecule has 1 heterocycles. The SMILES string of the molecule is CCn1c(S/C(=C\c2cc(I)c(OCc3ccccc3)c(OC)c2)C(=O)O)nnc1-c1cc(OC)cc(OC)c1. The zero-order valence-corrected chi connectivity index (χ0v) is 25.4. The van der Waals surface area contributed by atoms with Gasteiger partial charge in [-0.15, -0.1) is 10.2 Å². The molecule has 0 aliphatic rings. The minimum Gasteiger partial charge on any atom is -0.497 e. The molecule has 0 amide bonds. The summed E-state index contributed by atoms with van der Waals surface area (Å²) in [7, 11) is 4.71. The number of methoxy groups -OCH3 is 3. The molecule has 9 nitrogen and oxygen atoms in total. The molecule has 11 heteroatoms. The Morgan fingerprint density at radius 3 is 2.30 bits per heavy atom. The zero-order valence-electron chi connectivity index (χ0n) is 22.4. The van der Waals surface area contributed by atoms with Crippen molar-refractivity contribution in [1.29, 1.82) is 0 Å². The van der Waals surface area contributed by atoms with Crippen LogP contribution in [0.1, 0.15) is 18.1 Å². The van der Waals surface area contributed by atoms with E-state index >= 15 is 0 Å². The molecule has 0 saturated heterocycles. The summed E-state index contributed by atoms with van der Waals surface area (Å²) in [4.78, 5) is 12.4. The molecule has 4 rings (SSSR count). The summed E-state index contributed by atoms with van der Waals surface area (Å²) in [6.45, 7) is 2.85. The van der Waals surface area contributed by atoms with E-state index in [0.29, 0.717) is 52.7 Å². The van der Waals surface area contributed by atoms with Gasteiger partial charge in [0.05, 0.1) is 24.9 Å². The number of ether oxygens (including phenoxy) is 4. The molecule has 208 valence electrons. The molecule has 3 aromatic carbocycles. The van der Waals surface area contributed by atoms with Crippen LogP contribution in [0.4, 0.5) is 0 Å². The lowest BCUT2D eigenvalue weighted by Gasteiger charge is -2.14. The molecule has 0 radical (unpaired) electrons. The van der Waals surface area contributed by atoms with Crippen LogP contribution >= 0.6 is 34.4 Å². The van der Waals surface area contributed by atoms with Gasteiger partial charge in [-0.05, 0) is 82.7 Å². The first kappa shape index (κ1) is 29.3. The first-order valence-corrected chi connectivity index (χ1v) is 14.1. The smallest absolute Gasteiger partial charge is 0.342 e. The van der Waals surface area contributed by atoms with E-state index in [0.717, 1.165) is 26.5 Å². The van der Waals surface area contributed by atoms with Gasteiger partial charge in [0.2, 0.25) is 0 Å². The molecule has 0 aliphatic carbocycles. The molecule has 0 aliphatic heterocycles. The fourth-order valence-corrected chi connectivity index (χ4v) is 5.54. The number of hydrogen-bond acceptors (Lipinski definition) is 8. The first-order chi connectivity index (χ1) is 19.4. The van der Waals surface area contributed by atoms with Crippen molar-refractivity contribution in [2.24, 2.45) is 0 Å². The number of aliphatic carboxylic acids is 1.